The summed E-state index contributed by atoms with van der Waals surface area (Å²) in [5.41, 5.74) is 0. The van der Waals surface area contributed by atoms with Crippen LogP contribution in [0.25, 0.3) is 0 Å². The van der Waals surface area contributed by atoms with Crippen LogP contribution in [0, 0.1) is 0 Å². The Hall–Kier alpha value is -1.10. The molecular weight excluding hydrogens is 232 g/mol. The first-order valence-electron chi connectivity index (χ1n) is 6.78. The monoisotopic (exact) mass is 258 g/mol. The molecule has 0 aromatic heterocycles. The molecule has 0 heterocycles. The fourth-order valence-electron chi connectivity index (χ4n) is 1.46. The van der Waals surface area contributed by atoms with Crippen LogP contribution in [0.1, 0.15) is 52.4 Å². The third-order valence-electron chi connectivity index (χ3n) is 2.86. The lowest BCUT2D eigenvalue weighted by molar-refractivity contribution is -0.137. The number of rotatable bonds is 11. The van der Waals surface area contributed by atoms with Crippen molar-refractivity contribution in [2.45, 2.75) is 58.4 Å². The Bertz CT molecular complexity index is 244. The summed E-state index contributed by atoms with van der Waals surface area (Å²) in [5.74, 6) is -0.708. The molecule has 0 rings (SSSR count). The van der Waals surface area contributed by atoms with Crippen LogP contribution < -0.4 is 10.6 Å². The predicted octanol–water partition coefficient (Wildman–Crippen LogP) is 1.53. The zero-order valence-corrected chi connectivity index (χ0v) is 11.5. The van der Waals surface area contributed by atoms with E-state index in [-0.39, 0.29) is 12.3 Å². The second kappa shape index (κ2) is 11.0. The minimum absolute atomic E-state index is 0.0286. The van der Waals surface area contributed by atoms with Gasteiger partial charge < -0.3 is 15.7 Å². The van der Waals surface area contributed by atoms with Gasteiger partial charge in [-0.05, 0) is 26.2 Å². The molecule has 1 atom stereocenters. The zero-order chi connectivity index (χ0) is 13.8. The Morgan fingerprint density at radius 3 is 2.44 bits per heavy atom. The lowest BCUT2D eigenvalue weighted by Crippen LogP contribution is -2.38. The minimum atomic E-state index is -0.737. The molecule has 0 saturated carbocycles. The van der Waals surface area contributed by atoms with E-state index in [4.69, 9.17) is 5.11 Å². The number of hydrogen-bond donors (Lipinski definition) is 3. The van der Waals surface area contributed by atoms with Crippen LogP contribution in [0.3, 0.4) is 0 Å². The van der Waals surface area contributed by atoms with E-state index in [1.165, 1.54) is 0 Å². The van der Waals surface area contributed by atoms with Gasteiger partial charge in [0, 0.05) is 19.0 Å². The van der Waals surface area contributed by atoms with Crippen LogP contribution in [0.5, 0.6) is 0 Å². The van der Waals surface area contributed by atoms with Gasteiger partial charge in [-0.1, -0.05) is 19.8 Å². The highest BCUT2D eigenvalue weighted by molar-refractivity contribution is 5.77. The van der Waals surface area contributed by atoms with Crippen LogP contribution in [0.2, 0.25) is 0 Å². The van der Waals surface area contributed by atoms with Crippen molar-refractivity contribution in [2.75, 3.05) is 13.1 Å². The summed E-state index contributed by atoms with van der Waals surface area (Å²) in [6.45, 7) is 5.17. The first-order valence-corrected chi connectivity index (χ1v) is 6.78. The normalized spacial score (nSPS) is 12.1. The third kappa shape index (κ3) is 11.4. The van der Waals surface area contributed by atoms with Gasteiger partial charge in [0.1, 0.15) is 0 Å². The molecule has 0 aromatic carbocycles. The number of carboxylic acids is 1. The molecule has 0 fully saturated rings. The summed E-state index contributed by atoms with van der Waals surface area (Å²) in [6.07, 6.45) is 4.76. The Morgan fingerprint density at radius 1 is 1.17 bits per heavy atom. The molecule has 5 nitrogen and oxygen atoms in total. The first kappa shape index (κ1) is 16.9. The molecule has 0 saturated heterocycles. The Balaban J connectivity index is 3.27. The average Bonchev–Trinajstić information content (AvgIpc) is 2.34. The van der Waals surface area contributed by atoms with E-state index in [0.717, 1.165) is 32.1 Å². The van der Waals surface area contributed by atoms with Gasteiger partial charge in [-0.2, -0.15) is 0 Å². The lowest BCUT2D eigenvalue weighted by Gasteiger charge is -2.11. The fraction of sp³-hybridized carbons (Fsp3) is 0.846. The Labute approximate surface area is 109 Å². The molecule has 0 radical (unpaired) electrons. The molecule has 3 N–H and O–H groups in total. The third-order valence-corrected chi connectivity index (χ3v) is 2.86. The average molecular weight is 258 g/mol. The van der Waals surface area contributed by atoms with Gasteiger partial charge in [-0.15, -0.1) is 0 Å². The number of nitrogens with one attached hydrogen (secondary N) is 2. The first-order chi connectivity index (χ1) is 8.56. The van der Waals surface area contributed by atoms with Gasteiger partial charge in [0.2, 0.25) is 5.91 Å². The molecule has 0 aliphatic rings. The van der Waals surface area contributed by atoms with Crippen molar-refractivity contribution in [1.82, 2.24) is 10.6 Å². The van der Waals surface area contributed by atoms with Crippen molar-refractivity contribution >= 4 is 11.9 Å². The SMILES string of the molecule is CCC(C)NCC(=O)NCCCCCCC(=O)O. The second-order valence-corrected chi connectivity index (χ2v) is 4.60. The minimum Gasteiger partial charge on any atom is -0.481 e. The van der Waals surface area contributed by atoms with E-state index in [1.807, 2.05) is 0 Å². The summed E-state index contributed by atoms with van der Waals surface area (Å²) in [5, 5.41) is 14.4. The number of aliphatic carboxylic acids is 1. The summed E-state index contributed by atoms with van der Waals surface area (Å²) >= 11 is 0. The van der Waals surface area contributed by atoms with E-state index < -0.39 is 5.97 Å². The van der Waals surface area contributed by atoms with Crippen LogP contribution in [0.15, 0.2) is 0 Å². The highest BCUT2D eigenvalue weighted by Crippen LogP contribution is 2.01. The number of carbonyl (C=O) groups excluding carboxylic acids is 1. The van der Waals surface area contributed by atoms with Crippen LogP contribution >= 0.6 is 0 Å². The highest BCUT2D eigenvalue weighted by atomic mass is 16.4. The Morgan fingerprint density at radius 2 is 1.83 bits per heavy atom. The number of carbonyl (C=O) groups is 2. The lowest BCUT2D eigenvalue weighted by atomic mass is 10.1. The molecule has 0 aliphatic carbocycles. The number of amides is 1. The van der Waals surface area contributed by atoms with Crippen molar-refractivity contribution in [1.29, 1.82) is 0 Å². The fourth-order valence-corrected chi connectivity index (χ4v) is 1.46. The molecule has 0 aromatic rings. The maximum atomic E-state index is 11.4. The van der Waals surface area contributed by atoms with Crippen molar-refractivity contribution in [2.24, 2.45) is 0 Å². The van der Waals surface area contributed by atoms with Crippen LogP contribution in [-0.4, -0.2) is 36.1 Å². The van der Waals surface area contributed by atoms with E-state index in [0.29, 0.717) is 19.1 Å². The van der Waals surface area contributed by atoms with Crippen molar-refractivity contribution < 1.29 is 14.7 Å². The highest BCUT2D eigenvalue weighted by Gasteiger charge is 2.03. The van der Waals surface area contributed by atoms with E-state index >= 15 is 0 Å². The van der Waals surface area contributed by atoms with Gasteiger partial charge in [0.25, 0.3) is 0 Å². The number of unbranched alkanes of at least 4 members (excludes halogenated alkanes) is 3. The Kier molecular flexibility index (Phi) is 10.3. The molecule has 0 bridgehead atoms. The van der Waals surface area contributed by atoms with Gasteiger partial charge in [0.05, 0.1) is 6.54 Å². The molecule has 0 aliphatic heterocycles. The van der Waals surface area contributed by atoms with Gasteiger partial charge in [0.15, 0.2) is 0 Å². The van der Waals surface area contributed by atoms with Crippen molar-refractivity contribution in [3.63, 3.8) is 0 Å². The van der Waals surface area contributed by atoms with Crippen molar-refractivity contribution in [3.05, 3.63) is 0 Å². The molecular formula is C13H26N2O3. The van der Waals surface area contributed by atoms with Crippen molar-refractivity contribution in [3.8, 4) is 0 Å². The van der Waals surface area contributed by atoms with Crippen LogP contribution in [0.4, 0.5) is 0 Å². The quantitative estimate of drug-likeness (QED) is 0.491. The van der Waals surface area contributed by atoms with Gasteiger partial charge >= 0.3 is 5.97 Å². The van der Waals surface area contributed by atoms with Gasteiger partial charge in [-0.3, -0.25) is 9.59 Å². The second-order valence-electron chi connectivity index (χ2n) is 4.60. The topological polar surface area (TPSA) is 78.4 Å². The summed E-state index contributed by atoms with van der Waals surface area (Å²) in [6, 6.07) is 0.367. The number of hydrogen-bond acceptors (Lipinski definition) is 3. The molecule has 1 amide bonds. The van der Waals surface area contributed by atoms with Crippen LogP contribution in [-0.2, 0) is 9.59 Å². The molecule has 106 valence electrons. The molecule has 1 unspecified atom stereocenters. The number of carboxylic acid groups (broad SMARTS) is 1. The van der Waals surface area contributed by atoms with E-state index in [1.54, 1.807) is 0 Å². The predicted molar refractivity (Wildman–Crippen MR) is 71.5 cm³/mol. The maximum Gasteiger partial charge on any atom is 0.303 e. The molecule has 0 spiro atoms. The smallest absolute Gasteiger partial charge is 0.303 e. The van der Waals surface area contributed by atoms with Gasteiger partial charge in [-0.25, -0.2) is 0 Å². The largest absolute Gasteiger partial charge is 0.481 e. The summed E-state index contributed by atoms with van der Waals surface area (Å²) < 4.78 is 0. The standard InChI is InChI=1S/C13H26N2O3/c1-3-11(2)15-10-12(16)14-9-7-5-4-6-8-13(17)18/h11,15H,3-10H2,1-2H3,(H,14,16)(H,17,18). The molecule has 5 heteroatoms. The summed E-state index contributed by atoms with van der Waals surface area (Å²) in [4.78, 5) is 21.7. The zero-order valence-electron chi connectivity index (χ0n) is 11.5. The molecule has 18 heavy (non-hydrogen) atoms. The summed E-state index contributed by atoms with van der Waals surface area (Å²) in [7, 11) is 0. The maximum absolute atomic E-state index is 11.4. The van der Waals surface area contributed by atoms with E-state index in [2.05, 4.69) is 24.5 Å². The van der Waals surface area contributed by atoms with E-state index in [9.17, 15) is 9.59 Å².